The SMILES string of the molecule is CCC(Cc1ccoc1)C(C)N. The van der Waals surface area contributed by atoms with E-state index in [4.69, 9.17) is 10.2 Å². The highest BCUT2D eigenvalue weighted by molar-refractivity contribution is 5.06. The second kappa shape index (κ2) is 4.31. The fourth-order valence-electron chi connectivity index (χ4n) is 1.41. The molecule has 0 spiro atoms. The lowest BCUT2D eigenvalue weighted by molar-refractivity contribution is 0.425. The molecule has 0 aliphatic rings. The van der Waals surface area contributed by atoms with Crippen molar-refractivity contribution in [2.45, 2.75) is 32.7 Å². The van der Waals surface area contributed by atoms with E-state index in [1.807, 2.05) is 6.07 Å². The fourth-order valence-corrected chi connectivity index (χ4v) is 1.41. The minimum Gasteiger partial charge on any atom is -0.472 e. The molecule has 0 bridgehead atoms. The summed E-state index contributed by atoms with van der Waals surface area (Å²) in [5, 5.41) is 0. The Morgan fingerprint density at radius 2 is 2.33 bits per heavy atom. The highest BCUT2D eigenvalue weighted by Gasteiger charge is 2.12. The average molecular weight is 167 g/mol. The zero-order chi connectivity index (χ0) is 8.97. The summed E-state index contributed by atoms with van der Waals surface area (Å²) in [6.07, 6.45) is 5.67. The first-order chi connectivity index (χ1) is 5.74. The van der Waals surface area contributed by atoms with Gasteiger partial charge in [0.05, 0.1) is 12.5 Å². The molecule has 2 nitrogen and oxygen atoms in total. The Bertz CT molecular complexity index is 204. The summed E-state index contributed by atoms with van der Waals surface area (Å²) in [6.45, 7) is 4.24. The smallest absolute Gasteiger partial charge is 0.0934 e. The molecule has 0 saturated heterocycles. The van der Waals surface area contributed by atoms with Crippen LogP contribution in [0.2, 0.25) is 0 Å². The van der Waals surface area contributed by atoms with Crippen LogP contribution in [0, 0.1) is 5.92 Å². The van der Waals surface area contributed by atoms with E-state index in [1.54, 1.807) is 12.5 Å². The maximum Gasteiger partial charge on any atom is 0.0934 e. The third-order valence-electron chi connectivity index (χ3n) is 2.35. The molecule has 0 amide bonds. The molecule has 0 saturated carbocycles. The van der Waals surface area contributed by atoms with E-state index >= 15 is 0 Å². The maximum atomic E-state index is 5.83. The van der Waals surface area contributed by atoms with Crippen molar-refractivity contribution in [2.75, 3.05) is 0 Å². The van der Waals surface area contributed by atoms with Gasteiger partial charge in [-0.25, -0.2) is 0 Å². The van der Waals surface area contributed by atoms with Crippen molar-refractivity contribution in [1.82, 2.24) is 0 Å². The van der Waals surface area contributed by atoms with Crippen molar-refractivity contribution in [3.63, 3.8) is 0 Å². The van der Waals surface area contributed by atoms with Crippen molar-refractivity contribution in [2.24, 2.45) is 11.7 Å². The number of nitrogens with two attached hydrogens (primary N) is 1. The molecular formula is C10H17NO. The standard InChI is InChI=1S/C10H17NO/c1-3-10(8(2)11)6-9-4-5-12-7-9/h4-5,7-8,10H,3,6,11H2,1-2H3. The van der Waals surface area contributed by atoms with Crippen LogP contribution in [0.5, 0.6) is 0 Å². The summed E-state index contributed by atoms with van der Waals surface area (Å²) >= 11 is 0. The molecule has 12 heavy (non-hydrogen) atoms. The first-order valence-electron chi connectivity index (χ1n) is 4.50. The second-order valence-corrected chi connectivity index (χ2v) is 3.36. The van der Waals surface area contributed by atoms with Crippen LogP contribution in [0.25, 0.3) is 0 Å². The third-order valence-corrected chi connectivity index (χ3v) is 2.35. The number of hydrogen-bond donors (Lipinski definition) is 1. The lowest BCUT2D eigenvalue weighted by Gasteiger charge is -2.17. The van der Waals surface area contributed by atoms with Crippen molar-refractivity contribution < 1.29 is 4.42 Å². The molecule has 0 fully saturated rings. The molecule has 1 heterocycles. The number of hydrogen-bond acceptors (Lipinski definition) is 2. The Morgan fingerprint density at radius 3 is 2.75 bits per heavy atom. The minimum absolute atomic E-state index is 0.268. The first kappa shape index (κ1) is 9.33. The summed E-state index contributed by atoms with van der Waals surface area (Å²) in [7, 11) is 0. The molecule has 0 aliphatic heterocycles. The lowest BCUT2D eigenvalue weighted by atomic mass is 9.92. The van der Waals surface area contributed by atoms with E-state index in [1.165, 1.54) is 5.56 Å². The number of rotatable bonds is 4. The van der Waals surface area contributed by atoms with Crippen molar-refractivity contribution >= 4 is 0 Å². The highest BCUT2D eigenvalue weighted by Crippen LogP contribution is 2.14. The van der Waals surface area contributed by atoms with Gasteiger partial charge in [0, 0.05) is 6.04 Å². The Kier molecular flexibility index (Phi) is 3.35. The lowest BCUT2D eigenvalue weighted by Crippen LogP contribution is -2.27. The van der Waals surface area contributed by atoms with E-state index in [-0.39, 0.29) is 6.04 Å². The van der Waals surface area contributed by atoms with Crippen LogP contribution in [0.3, 0.4) is 0 Å². The van der Waals surface area contributed by atoms with Crippen molar-refractivity contribution in [3.05, 3.63) is 24.2 Å². The zero-order valence-corrected chi connectivity index (χ0v) is 7.79. The molecule has 2 atom stereocenters. The average Bonchev–Trinajstić information content (AvgIpc) is 2.51. The summed E-state index contributed by atoms with van der Waals surface area (Å²) in [4.78, 5) is 0. The molecular weight excluding hydrogens is 150 g/mol. The van der Waals surface area contributed by atoms with E-state index in [0.29, 0.717) is 5.92 Å². The van der Waals surface area contributed by atoms with Crippen LogP contribution in [0.15, 0.2) is 23.0 Å². The van der Waals surface area contributed by atoms with Gasteiger partial charge in [-0.1, -0.05) is 13.3 Å². The van der Waals surface area contributed by atoms with Gasteiger partial charge >= 0.3 is 0 Å². The van der Waals surface area contributed by atoms with Gasteiger partial charge in [0.1, 0.15) is 0 Å². The monoisotopic (exact) mass is 167 g/mol. The minimum atomic E-state index is 0.268. The molecule has 1 aromatic rings. The molecule has 2 unspecified atom stereocenters. The van der Waals surface area contributed by atoms with Gasteiger partial charge in [-0.2, -0.15) is 0 Å². The Balaban J connectivity index is 2.48. The zero-order valence-electron chi connectivity index (χ0n) is 7.79. The van der Waals surface area contributed by atoms with Gasteiger partial charge in [-0.3, -0.25) is 0 Å². The Labute approximate surface area is 73.8 Å². The predicted molar refractivity (Wildman–Crippen MR) is 49.8 cm³/mol. The topological polar surface area (TPSA) is 39.2 Å². The molecule has 2 heteroatoms. The van der Waals surface area contributed by atoms with Crippen LogP contribution >= 0.6 is 0 Å². The fraction of sp³-hybridized carbons (Fsp3) is 0.600. The Hall–Kier alpha value is -0.760. The summed E-state index contributed by atoms with van der Waals surface area (Å²) in [5.41, 5.74) is 7.08. The first-order valence-corrected chi connectivity index (χ1v) is 4.50. The summed E-state index contributed by atoms with van der Waals surface area (Å²) in [6, 6.07) is 2.27. The number of furan rings is 1. The van der Waals surface area contributed by atoms with Crippen molar-refractivity contribution in [3.8, 4) is 0 Å². The van der Waals surface area contributed by atoms with Crippen LogP contribution < -0.4 is 5.73 Å². The summed E-state index contributed by atoms with van der Waals surface area (Å²) in [5.74, 6) is 0.572. The van der Waals surface area contributed by atoms with Gasteiger partial charge in [-0.15, -0.1) is 0 Å². The quantitative estimate of drug-likeness (QED) is 0.746. The van der Waals surface area contributed by atoms with E-state index in [2.05, 4.69) is 13.8 Å². The molecule has 68 valence electrons. The molecule has 2 N–H and O–H groups in total. The van der Waals surface area contributed by atoms with Crippen LogP contribution in [-0.2, 0) is 6.42 Å². The van der Waals surface area contributed by atoms with Gasteiger partial charge in [0.15, 0.2) is 0 Å². The third kappa shape index (κ3) is 2.38. The largest absolute Gasteiger partial charge is 0.472 e. The predicted octanol–water partition coefficient (Wildman–Crippen LogP) is 2.20. The van der Waals surface area contributed by atoms with E-state index < -0.39 is 0 Å². The van der Waals surface area contributed by atoms with Gasteiger partial charge in [-0.05, 0) is 30.9 Å². The van der Waals surface area contributed by atoms with Gasteiger partial charge < -0.3 is 10.2 Å². The highest BCUT2D eigenvalue weighted by atomic mass is 16.3. The summed E-state index contributed by atoms with van der Waals surface area (Å²) < 4.78 is 5.00. The molecule has 0 aliphatic carbocycles. The normalized spacial score (nSPS) is 15.9. The Morgan fingerprint density at radius 1 is 1.58 bits per heavy atom. The van der Waals surface area contributed by atoms with Gasteiger partial charge in [0.25, 0.3) is 0 Å². The van der Waals surface area contributed by atoms with E-state index in [9.17, 15) is 0 Å². The van der Waals surface area contributed by atoms with E-state index in [0.717, 1.165) is 12.8 Å². The molecule has 1 rings (SSSR count). The van der Waals surface area contributed by atoms with Crippen LogP contribution in [-0.4, -0.2) is 6.04 Å². The van der Waals surface area contributed by atoms with Gasteiger partial charge in [0.2, 0.25) is 0 Å². The molecule has 0 radical (unpaired) electrons. The van der Waals surface area contributed by atoms with Crippen LogP contribution in [0.1, 0.15) is 25.8 Å². The molecule has 1 aromatic heterocycles. The van der Waals surface area contributed by atoms with Crippen LogP contribution in [0.4, 0.5) is 0 Å². The maximum absolute atomic E-state index is 5.83. The molecule has 0 aromatic carbocycles. The van der Waals surface area contributed by atoms with Crippen molar-refractivity contribution in [1.29, 1.82) is 0 Å². The second-order valence-electron chi connectivity index (χ2n) is 3.36.